The maximum Gasteiger partial charge on any atom is 0.164 e. The fraction of sp³-hybridized carbons (Fsp3) is 0.429. The third-order valence-corrected chi connectivity index (χ3v) is 3.60. The molecule has 4 heteroatoms. The molecule has 4 nitrogen and oxygen atoms in total. The molecule has 0 spiro atoms. The Labute approximate surface area is 107 Å². The summed E-state index contributed by atoms with van der Waals surface area (Å²) in [6, 6.07) is 11.4. The quantitative estimate of drug-likeness (QED) is 0.889. The van der Waals surface area contributed by atoms with Gasteiger partial charge in [0, 0.05) is 13.1 Å². The molecule has 3 rings (SSSR count). The number of nitrogens with one attached hydrogen (secondary N) is 1. The number of rotatable bonds is 4. The van der Waals surface area contributed by atoms with E-state index < -0.39 is 0 Å². The van der Waals surface area contributed by atoms with E-state index in [4.69, 9.17) is 0 Å². The van der Waals surface area contributed by atoms with Crippen LogP contribution in [-0.2, 0) is 13.6 Å². The zero-order valence-electron chi connectivity index (χ0n) is 10.6. The first-order valence-corrected chi connectivity index (χ1v) is 6.44. The normalized spacial score (nSPS) is 22.7. The predicted octanol–water partition coefficient (Wildman–Crippen LogP) is 1.85. The summed E-state index contributed by atoms with van der Waals surface area (Å²) in [5, 5.41) is 7.77. The molecule has 94 valence electrons. The Morgan fingerprint density at radius 1 is 1.28 bits per heavy atom. The minimum atomic E-state index is 0.610. The summed E-state index contributed by atoms with van der Waals surface area (Å²) in [7, 11) is 1.89. The fourth-order valence-corrected chi connectivity index (χ4v) is 2.48. The topological polar surface area (TPSA) is 42.7 Å². The van der Waals surface area contributed by atoms with Gasteiger partial charge < -0.3 is 5.32 Å². The minimum Gasteiger partial charge on any atom is -0.307 e. The molecule has 1 saturated carbocycles. The first kappa shape index (κ1) is 11.4. The number of hydrogen-bond acceptors (Lipinski definition) is 3. The molecule has 2 aromatic rings. The van der Waals surface area contributed by atoms with Gasteiger partial charge in [0.2, 0.25) is 0 Å². The number of nitrogens with zero attached hydrogens (tertiary/aromatic N) is 3. The van der Waals surface area contributed by atoms with Gasteiger partial charge in [-0.05, 0) is 24.3 Å². The molecule has 18 heavy (non-hydrogen) atoms. The van der Waals surface area contributed by atoms with Crippen molar-refractivity contribution in [2.45, 2.75) is 31.3 Å². The van der Waals surface area contributed by atoms with Crippen LogP contribution in [0.5, 0.6) is 0 Å². The largest absolute Gasteiger partial charge is 0.307 e. The van der Waals surface area contributed by atoms with Crippen LogP contribution in [-0.4, -0.2) is 20.8 Å². The smallest absolute Gasteiger partial charge is 0.164 e. The third-order valence-electron chi connectivity index (χ3n) is 3.60. The lowest BCUT2D eigenvalue weighted by molar-refractivity contribution is 0.287. The van der Waals surface area contributed by atoms with Crippen molar-refractivity contribution in [1.82, 2.24) is 20.1 Å². The van der Waals surface area contributed by atoms with Gasteiger partial charge in [0.1, 0.15) is 6.33 Å². The monoisotopic (exact) mass is 242 g/mol. The molecule has 1 fully saturated rings. The molecule has 1 aliphatic rings. The second kappa shape index (κ2) is 4.90. The Morgan fingerprint density at radius 3 is 2.72 bits per heavy atom. The van der Waals surface area contributed by atoms with E-state index in [1.807, 2.05) is 7.05 Å². The highest BCUT2D eigenvalue weighted by Gasteiger charge is 2.29. The molecule has 0 aliphatic heterocycles. The Balaban J connectivity index is 1.46. The highest BCUT2D eigenvalue weighted by molar-refractivity contribution is 5.22. The number of benzene rings is 1. The summed E-state index contributed by atoms with van der Waals surface area (Å²) in [6.45, 7) is 0.771. The van der Waals surface area contributed by atoms with Crippen molar-refractivity contribution in [2.75, 3.05) is 0 Å². The van der Waals surface area contributed by atoms with E-state index in [0.29, 0.717) is 6.04 Å². The fourth-order valence-electron chi connectivity index (χ4n) is 2.48. The van der Waals surface area contributed by atoms with Gasteiger partial charge in [-0.2, -0.15) is 5.10 Å². The molecule has 0 amide bonds. The van der Waals surface area contributed by atoms with Crippen molar-refractivity contribution < 1.29 is 0 Å². The maximum atomic E-state index is 4.26. The lowest BCUT2D eigenvalue weighted by atomic mass is 9.76. The molecule has 0 bridgehead atoms. The second-order valence-electron chi connectivity index (χ2n) is 4.99. The average molecular weight is 242 g/mol. The van der Waals surface area contributed by atoms with Crippen molar-refractivity contribution in [3.8, 4) is 0 Å². The molecule has 1 aromatic carbocycles. The van der Waals surface area contributed by atoms with E-state index in [9.17, 15) is 0 Å². The van der Waals surface area contributed by atoms with Gasteiger partial charge in [0.15, 0.2) is 5.82 Å². The van der Waals surface area contributed by atoms with Crippen molar-refractivity contribution in [2.24, 2.45) is 7.05 Å². The summed E-state index contributed by atoms with van der Waals surface area (Å²) in [4.78, 5) is 4.21. The zero-order valence-corrected chi connectivity index (χ0v) is 10.6. The van der Waals surface area contributed by atoms with E-state index in [1.54, 1.807) is 11.0 Å². The van der Waals surface area contributed by atoms with E-state index in [2.05, 4.69) is 45.7 Å². The van der Waals surface area contributed by atoms with Crippen molar-refractivity contribution in [1.29, 1.82) is 0 Å². The number of hydrogen-bond donors (Lipinski definition) is 1. The lowest BCUT2D eigenvalue weighted by Gasteiger charge is -2.36. The first-order chi connectivity index (χ1) is 8.81. The lowest BCUT2D eigenvalue weighted by Crippen LogP contribution is -2.39. The summed E-state index contributed by atoms with van der Waals surface area (Å²) >= 11 is 0. The molecule has 1 aliphatic carbocycles. The van der Waals surface area contributed by atoms with Crippen LogP contribution in [0.4, 0.5) is 0 Å². The van der Waals surface area contributed by atoms with Gasteiger partial charge in [-0.25, -0.2) is 4.98 Å². The molecule has 1 heterocycles. The minimum absolute atomic E-state index is 0.610. The SMILES string of the molecule is Cn1cnc(CNC2CC(c3ccccc3)C2)n1. The van der Waals surface area contributed by atoms with Gasteiger partial charge in [-0.15, -0.1) is 0 Å². The summed E-state index contributed by atoms with van der Waals surface area (Å²) in [6.07, 6.45) is 4.18. The second-order valence-corrected chi connectivity index (χ2v) is 4.99. The molecule has 0 radical (unpaired) electrons. The molecule has 0 saturated heterocycles. The molecular weight excluding hydrogens is 224 g/mol. The Hall–Kier alpha value is -1.68. The Kier molecular flexibility index (Phi) is 3.11. The van der Waals surface area contributed by atoms with E-state index in [0.717, 1.165) is 18.3 Å². The van der Waals surface area contributed by atoms with Crippen molar-refractivity contribution in [3.63, 3.8) is 0 Å². The van der Waals surface area contributed by atoms with Crippen LogP contribution in [0.3, 0.4) is 0 Å². The van der Waals surface area contributed by atoms with Crippen molar-refractivity contribution >= 4 is 0 Å². The van der Waals surface area contributed by atoms with Gasteiger partial charge in [0.25, 0.3) is 0 Å². The third kappa shape index (κ3) is 2.43. The summed E-state index contributed by atoms with van der Waals surface area (Å²) < 4.78 is 1.74. The van der Waals surface area contributed by atoms with E-state index in [-0.39, 0.29) is 0 Å². The average Bonchev–Trinajstić information content (AvgIpc) is 2.74. The van der Waals surface area contributed by atoms with Crippen LogP contribution in [0.25, 0.3) is 0 Å². The maximum absolute atomic E-state index is 4.26. The number of aromatic nitrogens is 3. The van der Waals surface area contributed by atoms with Crippen molar-refractivity contribution in [3.05, 3.63) is 48.0 Å². The Morgan fingerprint density at radius 2 is 2.06 bits per heavy atom. The Bertz CT molecular complexity index is 500. The molecule has 1 N–H and O–H groups in total. The number of aryl methyl sites for hydroxylation is 1. The van der Waals surface area contributed by atoms with Crippen LogP contribution in [0, 0.1) is 0 Å². The van der Waals surface area contributed by atoms with Crippen LogP contribution in [0.15, 0.2) is 36.7 Å². The first-order valence-electron chi connectivity index (χ1n) is 6.44. The van der Waals surface area contributed by atoms with E-state index >= 15 is 0 Å². The van der Waals surface area contributed by atoms with Crippen LogP contribution in [0.2, 0.25) is 0 Å². The van der Waals surface area contributed by atoms with Gasteiger partial charge in [0.05, 0.1) is 6.54 Å². The highest BCUT2D eigenvalue weighted by atomic mass is 15.3. The summed E-state index contributed by atoms with van der Waals surface area (Å²) in [5.41, 5.74) is 1.46. The molecule has 0 atom stereocenters. The molecule has 0 unspecified atom stereocenters. The van der Waals surface area contributed by atoms with Gasteiger partial charge in [-0.1, -0.05) is 30.3 Å². The standard InChI is InChI=1S/C14H18N4/c1-18-10-16-14(17-18)9-15-13-7-12(8-13)11-5-3-2-4-6-11/h2-6,10,12-13,15H,7-9H2,1H3. The van der Waals surface area contributed by atoms with Crippen LogP contribution >= 0.6 is 0 Å². The molecular formula is C14H18N4. The predicted molar refractivity (Wildman–Crippen MR) is 70.0 cm³/mol. The van der Waals surface area contributed by atoms with Crippen LogP contribution in [0.1, 0.15) is 30.1 Å². The zero-order chi connectivity index (χ0) is 12.4. The van der Waals surface area contributed by atoms with Gasteiger partial charge in [-0.3, -0.25) is 4.68 Å². The highest BCUT2D eigenvalue weighted by Crippen LogP contribution is 2.36. The van der Waals surface area contributed by atoms with Crippen LogP contribution < -0.4 is 5.32 Å². The summed E-state index contributed by atoms with van der Waals surface area (Å²) in [5.74, 6) is 1.60. The van der Waals surface area contributed by atoms with Gasteiger partial charge >= 0.3 is 0 Å². The molecule has 1 aromatic heterocycles. The van der Waals surface area contributed by atoms with E-state index in [1.165, 1.54) is 18.4 Å².